The van der Waals surface area contributed by atoms with E-state index in [9.17, 15) is 9.59 Å². The molecule has 20 heavy (non-hydrogen) atoms. The lowest BCUT2D eigenvalue weighted by Crippen LogP contribution is -2.29. The summed E-state index contributed by atoms with van der Waals surface area (Å²) in [6.45, 7) is -0.0110. The highest BCUT2D eigenvalue weighted by Crippen LogP contribution is 2.15. The number of halogens is 1. The fraction of sp³-hybridized carbons (Fsp3) is 0.545. The molecule has 0 saturated heterocycles. The molecule has 0 aliphatic heterocycles. The van der Waals surface area contributed by atoms with Crippen molar-refractivity contribution >= 4 is 23.3 Å². The fourth-order valence-corrected chi connectivity index (χ4v) is 1.56. The molecule has 0 fully saturated rings. The maximum Gasteiger partial charge on any atom is 0.327 e. The minimum atomic E-state index is -0.589. The van der Waals surface area contributed by atoms with Crippen molar-refractivity contribution < 1.29 is 19.0 Å². The second-order valence-electron chi connectivity index (χ2n) is 3.69. The number of nitrogens with one attached hydrogen (secondary N) is 1. The van der Waals surface area contributed by atoms with Crippen LogP contribution in [0.1, 0.15) is 0 Å². The van der Waals surface area contributed by atoms with Crippen LogP contribution in [0.25, 0.3) is 0 Å². The summed E-state index contributed by atoms with van der Waals surface area (Å²) in [7, 11) is 4.20. The zero-order chi connectivity index (χ0) is 15.1. The summed E-state index contributed by atoms with van der Waals surface area (Å²) in [6.07, 6.45) is 0.860. The van der Waals surface area contributed by atoms with Gasteiger partial charge in [0.2, 0.25) is 0 Å². The van der Waals surface area contributed by atoms with Gasteiger partial charge in [0.1, 0.15) is 11.6 Å². The van der Waals surface area contributed by atoms with E-state index >= 15 is 0 Å². The van der Waals surface area contributed by atoms with Gasteiger partial charge in [-0.05, 0) is 0 Å². The third-order valence-electron chi connectivity index (χ3n) is 2.48. The molecule has 0 atom stereocenters. The maximum absolute atomic E-state index is 11.9. The average molecular weight is 306 g/mol. The van der Waals surface area contributed by atoms with Crippen molar-refractivity contribution in [1.29, 1.82) is 0 Å². The van der Waals surface area contributed by atoms with Crippen molar-refractivity contribution in [1.82, 2.24) is 9.78 Å². The Bertz CT molecular complexity index is 515. The van der Waals surface area contributed by atoms with Crippen LogP contribution < -0.4 is 10.9 Å². The number of anilines is 1. The van der Waals surface area contributed by atoms with Crippen molar-refractivity contribution in [3.63, 3.8) is 0 Å². The minimum absolute atomic E-state index is 0.0742. The third-order valence-corrected chi connectivity index (χ3v) is 2.84. The highest BCUT2D eigenvalue weighted by atomic mass is 35.5. The predicted octanol–water partition coefficient (Wildman–Crippen LogP) is 0.100. The largest absolute Gasteiger partial charge is 0.468 e. The zero-order valence-corrected chi connectivity index (χ0v) is 12.1. The molecule has 0 saturated carbocycles. The van der Waals surface area contributed by atoms with Gasteiger partial charge in [0.05, 0.1) is 25.5 Å². The number of esters is 1. The Kier molecular flexibility index (Phi) is 6.43. The van der Waals surface area contributed by atoms with Crippen LogP contribution in [0.3, 0.4) is 0 Å². The Labute approximate surface area is 120 Å². The monoisotopic (exact) mass is 305 g/mol. The van der Waals surface area contributed by atoms with E-state index in [0.29, 0.717) is 5.69 Å². The first-order chi connectivity index (χ1) is 9.53. The van der Waals surface area contributed by atoms with Crippen molar-refractivity contribution in [2.24, 2.45) is 0 Å². The van der Waals surface area contributed by atoms with E-state index in [0.717, 1.165) is 4.68 Å². The number of ether oxygens (including phenoxy) is 3. The predicted molar refractivity (Wildman–Crippen MR) is 71.8 cm³/mol. The molecule has 0 aliphatic rings. The average Bonchev–Trinajstić information content (AvgIpc) is 2.46. The summed E-state index contributed by atoms with van der Waals surface area (Å²) in [5, 5.41) is 6.63. The summed E-state index contributed by atoms with van der Waals surface area (Å²) in [5.74, 6) is -0.588. The topological polar surface area (TPSA) is 91.7 Å². The smallest absolute Gasteiger partial charge is 0.327 e. The molecule has 112 valence electrons. The molecule has 0 aliphatic carbocycles. The molecule has 0 spiro atoms. The number of hydrogen-bond acceptors (Lipinski definition) is 7. The molecule has 0 aromatic carbocycles. The molecule has 0 bridgehead atoms. The van der Waals surface area contributed by atoms with Crippen molar-refractivity contribution in [2.75, 3.05) is 33.2 Å². The number of carbonyl (C=O) groups excluding carboxylic acids is 1. The molecule has 0 radical (unpaired) electrons. The van der Waals surface area contributed by atoms with E-state index in [4.69, 9.17) is 21.1 Å². The van der Waals surface area contributed by atoms with Crippen LogP contribution in [0.4, 0.5) is 5.69 Å². The van der Waals surface area contributed by atoms with Crippen LogP contribution in [0.15, 0.2) is 11.0 Å². The number of carbonyl (C=O) groups is 1. The number of hydrogen-bond donors (Lipinski definition) is 1. The van der Waals surface area contributed by atoms with Crippen LogP contribution in [0.2, 0.25) is 5.02 Å². The Morgan fingerprint density at radius 2 is 2.10 bits per heavy atom. The molecule has 1 heterocycles. The Hall–Kier alpha value is -1.64. The fourth-order valence-electron chi connectivity index (χ4n) is 1.34. The van der Waals surface area contributed by atoms with Gasteiger partial charge in [-0.2, -0.15) is 5.10 Å². The van der Waals surface area contributed by atoms with Gasteiger partial charge in [0, 0.05) is 14.2 Å². The van der Waals surface area contributed by atoms with Crippen LogP contribution in [0.5, 0.6) is 0 Å². The summed E-state index contributed by atoms with van der Waals surface area (Å²) in [6, 6.07) is 0. The van der Waals surface area contributed by atoms with Crippen molar-refractivity contribution in [3.05, 3.63) is 21.6 Å². The molecule has 1 aromatic rings. The molecule has 1 N–H and O–H groups in total. The van der Waals surface area contributed by atoms with Gasteiger partial charge in [-0.1, -0.05) is 11.6 Å². The maximum atomic E-state index is 11.9. The van der Waals surface area contributed by atoms with Gasteiger partial charge in [0.15, 0.2) is 6.29 Å². The van der Waals surface area contributed by atoms with Crippen LogP contribution in [0, 0.1) is 0 Å². The molecule has 1 aromatic heterocycles. The van der Waals surface area contributed by atoms with E-state index < -0.39 is 17.8 Å². The Morgan fingerprint density at radius 3 is 2.65 bits per heavy atom. The van der Waals surface area contributed by atoms with Crippen molar-refractivity contribution in [3.8, 4) is 0 Å². The first-order valence-corrected chi connectivity index (χ1v) is 6.03. The molecule has 9 heteroatoms. The molecule has 1 rings (SSSR count). The van der Waals surface area contributed by atoms with E-state index in [-0.39, 0.29) is 18.1 Å². The number of methoxy groups -OCH3 is 3. The number of nitrogens with zero attached hydrogens (tertiary/aromatic N) is 2. The van der Waals surface area contributed by atoms with Gasteiger partial charge in [-0.3, -0.25) is 9.59 Å². The first-order valence-electron chi connectivity index (χ1n) is 5.65. The van der Waals surface area contributed by atoms with Crippen LogP contribution in [-0.4, -0.2) is 49.9 Å². The van der Waals surface area contributed by atoms with E-state index in [1.54, 1.807) is 0 Å². The summed E-state index contributed by atoms with van der Waals surface area (Å²) in [4.78, 5) is 23.0. The summed E-state index contributed by atoms with van der Waals surface area (Å²) in [5.41, 5.74) is -0.259. The number of rotatable bonds is 7. The standard InChI is InChI=1S/C11H16ClN3O5/c1-18-8(16)6-15-11(17)10(12)7(4-14-15)13-5-9(19-2)20-3/h4,9,13H,5-6H2,1-3H3. The lowest BCUT2D eigenvalue weighted by molar-refractivity contribution is -0.141. The second kappa shape index (κ2) is 7.83. The van der Waals surface area contributed by atoms with Crippen LogP contribution >= 0.6 is 11.6 Å². The van der Waals surface area contributed by atoms with Crippen LogP contribution in [-0.2, 0) is 25.5 Å². The highest BCUT2D eigenvalue weighted by molar-refractivity contribution is 6.32. The summed E-state index contributed by atoms with van der Waals surface area (Å²) >= 11 is 5.93. The quantitative estimate of drug-likeness (QED) is 0.564. The number of aromatic nitrogens is 2. The molecule has 0 amide bonds. The van der Waals surface area contributed by atoms with Gasteiger partial charge in [-0.15, -0.1) is 0 Å². The van der Waals surface area contributed by atoms with Gasteiger partial charge in [-0.25, -0.2) is 4.68 Å². The second-order valence-corrected chi connectivity index (χ2v) is 4.07. The Balaban J connectivity index is 2.83. The zero-order valence-electron chi connectivity index (χ0n) is 11.4. The van der Waals surface area contributed by atoms with Crippen molar-refractivity contribution in [2.45, 2.75) is 12.8 Å². The van der Waals surface area contributed by atoms with Gasteiger partial charge < -0.3 is 19.5 Å². The van der Waals surface area contributed by atoms with E-state index in [1.165, 1.54) is 27.5 Å². The Morgan fingerprint density at radius 1 is 1.45 bits per heavy atom. The first kappa shape index (κ1) is 16.4. The van der Waals surface area contributed by atoms with E-state index in [2.05, 4.69) is 15.2 Å². The van der Waals surface area contributed by atoms with Gasteiger partial charge >= 0.3 is 5.97 Å². The molecule has 8 nitrogen and oxygen atoms in total. The molecule has 0 unspecified atom stereocenters. The van der Waals surface area contributed by atoms with Gasteiger partial charge in [0.25, 0.3) is 5.56 Å². The lowest BCUT2D eigenvalue weighted by Gasteiger charge is -2.15. The lowest BCUT2D eigenvalue weighted by atomic mass is 10.4. The minimum Gasteiger partial charge on any atom is -0.468 e. The highest BCUT2D eigenvalue weighted by Gasteiger charge is 2.13. The van der Waals surface area contributed by atoms with E-state index in [1.807, 2.05) is 0 Å². The SMILES string of the molecule is COC(=O)Cn1ncc(NCC(OC)OC)c(Cl)c1=O. The molecular formula is C11H16ClN3O5. The summed E-state index contributed by atoms with van der Waals surface area (Å²) < 4.78 is 15.4. The normalized spacial score (nSPS) is 10.7. The third kappa shape index (κ3) is 4.19. The molecular weight excluding hydrogens is 290 g/mol.